The molecule has 1 saturated heterocycles. The largest absolute Gasteiger partial charge is 0.292 e. The molecule has 2 aromatic carbocycles. The molecule has 0 spiro atoms. The Morgan fingerprint density at radius 2 is 1.47 bits per heavy atom. The number of Topliss-reactive ketones (excluding diaryl/α,β-unsaturated/α-hetero) is 1. The van der Waals surface area contributed by atoms with Crippen LogP contribution in [0.25, 0.3) is 0 Å². The summed E-state index contributed by atoms with van der Waals surface area (Å²) in [6, 6.07) is 11.5. The highest BCUT2D eigenvalue weighted by Gasteiger charge is 2.51. The van der Waals surface area contributed by atoms with Crippen LogP contribution in [0.15, 0.2) is 42.5 Å². The zero-order valence-corrected chi connectivity index (χ0v) is 18.9. The molecule has 32 heavy (non-hydrogen) atoms. The van der Waals surface area contributed by atoms with Gasteiger partial charge in [-0.15, -0.1) is 0 Å². The molecule has 4 rings (SSSR count). The molecule has 6 nitrogen and oxygen atoms in total. The fourth-order valence-corrected chi connectivity index (χ4v) is 4.63. The summed E-state index contributed by atoms with van der Waals surface area (Å²) in [5.74, 6) is -2.56. The van der Waals surface area contributed by atoms with Gasteiger partial charge >= 0.3 is 0 Å². The van der Waals surface area contributed by atoms with E-state index in [9.17, 15) is 19.2 Å². The van der Waals surface area contributed by atoms with Crippen molar-refractivity contribution < 1.29 is 19.2 Å². The summed E-state index contributed by atoms with van der Waals surface area (Å²) >= 11 is 5.95. The van der Waals surface area contributed by atoms with Crippen LogP contribution in [0, 0.1) is 25.7 Å². The molecule has 0 aromatic heterocycles. The van der Waals surface area contributed by atoms with E-state index in [1.807, 2.05) is 19.9 Å². The molecular formula is C25H25ClN2O4. The predicted octanol–water partition coefficient (Wildman–Crippen LogP) is 4.37. The van der Waals surface area contributed by atoms with Crippen molar-refractivity contribution in [3.8, 4) is 0 Å². The van der Waals surface area contributed by atoms with Gasteiger partial charge in [-0.05, 0) is 68.1 Å². The monoisotopic (exact) mass is 452 g/mol. The third-order valence-electron chi connectivity index (χ3n) is 6.51. The molecule has 2 aromatic rings. The molecule has 0 radical (unpaired) electrons. The first-order valence-corrected chi connectivity index (χ1v) is 11.2. The van der Waals surface area contributed by atoms with Crippen LogP contribution in [0.1, 0.15) is 57.5 Å². The lowest BCUT2D eigenvalue weighted by molar-refractivity contribution is -0.154. The third kappa shape index (κ3) is 4.07. The van der Waals surface area contributed by atoms with E-state index in [2.05, 4.69) is 0 Å². The Hall–Kier alpha value is -2.99. The SMILES string of the molecule is Cc1ccc(C(=O)CN(C(=O)c2ccc(Cl)cc2)N2C(=O)[C@H]3CCCC[C@@H]3C2=O)cc1C. The molecular weight excluding hydrogens is 428 g/mol. The summed E-state index contributed by atoms with van der Waals surface area (Å²) in [6.07, 6.45) is 3.00. The van der Waals surface area contributed by atoms with Gasteiger partial charge < -0.3 is 0 Å². The molecule has 1 aliphatic carbocycles. The van der Waals surface area contributed by atoms with Gasteiger partial charge in [-0.1, -0.05) is 36.6 Å². The standard InChI is InChI=1S/C25H25ClN2O4/c1-15-7-8-18(13-16(15)2)22(29)14-27(23(30)17-9-11-19(26)12-10-17)28-24(31)20-5-3-4-6-21(20)25(28)32/h7-13,20-21H,3-6,14H2,1-2H3/t20-,21-/m0/s1. The maximum Gasteiger partial charge on any atom is 0.273 e. The van der Waals surface area contributed by atoms with Crippen LogP contribution in [0.4, 0.5) is 0 Å². The normalized spacial score (nSPS) is 20.3. The van der Waals surface area contributed by atoms with Gasteiger partial charge in [0, 0.05) is 16.1 Å². The molecule has 0 unspecified atom stereocenters. The van der Waals surface area contributed by atoms with E-state index in [-0.39, 0.29) is 11.3 Å². The number of benzene rings is 2. The van der Waals surface area contributed by atoms with Crippen LogP contribution in [-0.2, 0) is 9.59 Å². The number of ketones is 1. The number of carbonyl (C=O) groups excluding carboxylic acids is 4. The van der Waals surface area contributed by atoms with Crippen LogP contribution < -0.4 is 0 Å². The third-order valence-corrected chi connectivity index (χ3v) is 6.76. The Morgan fingerprint density at radius 3 is 2.03 bits per heavy atom. The molecule has 166 valence electrons. The van der Waals surface area contributed by atoms with Crippen molar-refractivity contribution >= 4 is 35.1 Å². The van der Waals surface area contributed by atoms with Crippen LogP contribution in [-0.4, -0.2) is 40.1 Å². The number of hydrogen-bond donors (Lipinski definition) is 0. The van der Waals surface area contributed by atoms with Gasteiger partial charge in [0.2, 0.25) is 0 Å². The van der Waals surface area contributed by atoms with E-state index in [0.717, 1.165) is 34.0 Å². The van der Waals surface area contributed by atoms with E-state index in [0.29, 0.717) is 23.4 Å². The molecule has 2 aliphatic rings. The van der Waals surface area contributed by atoms with Crippen molar-refractivity contribution in [3.05, 3.63) is 69.7 Å². The Kier molecular flexibility index (Phi) is 6.15. The van der Waals surface area contributed by atoms with Crippen molar-refractivity contribution in [1.29, 1.82) is 0 Å². The zero-order valence-electron chi connectivity index (χ0n) is 18.1. The second-order valence-electron chi connectivity index (χ2n) is 8.58. The molecule has 3 amide bonds. The van der Waals surface area contributed by atoms with E-state index < -0.39 is 36.1 Å². The average molecular weight is 453 g/mol. The molecule has 1 saturated carbocycles. The number of carbonyl (C=O) groups is 4. The van der Waals surface area contributed by atoms with Crippen LogP contribution >= 0.6 is 11.6 Å². The lowest BCUT2D eigenvalue weighted by Crippen LogP contribution is -2.52. The molecule has 0 bridgehead atoms. The zero-order chi connectivity index (χ0) is 23.0. The maximum atomic E-state index is 13.4. The molecule has 7 heteroatoms. The second-order valence-corrected chi connectivity index (χ2v) is 9.01. The Bertz CT molecular complexity index is 1070. The van der Waals surface area contributed by atoms with Crippen molar-refractivity contribution in [2.24, 2.45) is 11.8 Å². The van der Waals surface area contributed by atoms with Gasteiger partial charge in [0.1, 0.15) is 6.54 Å². The summed E-state index contributed by atoms with van der Waals surface area (Å²) in [7, 11) is 0. The first-order chi connectivity index (χ1) is 15.3. The number of aryl methyl sites for hydroxylation is 2. The van der Waals surface area contributed by atoms with Gasteiger partial charge in [0.05, 0.1) is 11.8 Å². The molecule has 2 fully saturated rings. The number of nitrogens with zero attached hydrogens (tertiary/aromatic N) is 2. The highest BCUT2D eigenvalue weighted by atomic mass is 35.5. The van der Waals surface area contributed by atoms with Gasteiger partial charge in [-0.2, -0.15) is 5.01 Å². The first-order valence-electron chi connectivity index (χ1n) is 10.8. The van der Waals surface area contributed by atoms with Crippen molar-refractivity contribution in [3.63, 3.8) is 0 Å². The Labute approximate surface area is 192 Å². The fraction of sp³-hybridized carbons (Fsp3) is 0.360. The minimum absolute atomic E-state index is 0.248. The number of hydrogen-bond acceptors (Lipinski definition) is 4. The predicted molar refractivity (Wildman–Crippen MR) is 120 cm³/mol. The van der Waals surface area contributed by atoms with Crippen LogP contribution in [0.5, 0.6) is 0 Å². The lowest BCUT2D eigenvalue weighted by Gasteiger charge is -2.30. The number of halogens is 1. The molecule has 1 aliphatic heterocycles. The molecule has 2 atom stereocenters. The summed E-state index contributed by atoms with van der Waals surface area (Å²) in [5, 5.41) is 2.40. The Morgan fingerprint density at radius 1 is 0.906 bits per heavy atom. The van der Waals surface area contributed by atoms with Crippen molar-refractivity contribution in [2.75, 3.05) is 6.54 Å². The quantitative estimate of drug-likeness (QED) is 0.498. The van der Waals surface area contributed by atoms with Gasteiger partial charge in [-0.3, -0.25) is 19.2 Å². The van der Waals surface area contributed by atoms with Gasteiger partial charge in [0.15, 0.2) is 5.78 Å². The minimum Gasteiger partial charge on any atom is -0.292 e. The summed E-state index contributed by atoms with van der Waals surface area (Å²) < 4.78 is 0. The van der Waals surface area contributed by atoms with Crippen molar-refractivity contribution in [1.82, 2.24) is 10.0 Å². The van der Waals surface area contributed by atoms with Gasteiger partial charge in [0.25, 0.3) is 17.7 Å². The van der Waals surface area contributed by atoms with E-state index in [4.69, 9.17) is 11.6 Å². The molecule has 1 heterocycles. The number of hydrazine groups is 1. The smallest absolute Gasteiger partial charge is 0.273 e. The Balaban J connectivity index is 1.69. The topological polar surface area (TPSA) is 74.8 Å². The number of amides is 3. The van der Waals surface area contributed by atoms with Gasteiger partial charge in [-0.25, -0.2) is 5.01 Å². The number of imide groups is 1. The average Bonchev–Trinajstić information content (AvgIpc) is 3.04. The second kappa shape index (κ2) is 8.87. The van der Waals surface area contributed by atoms with Crippen LogP contribution in [0.3, 0.4) is 0 Å². The number of fused-ring (bicyclic) bond motifs is 1. The number of rotatable bonds is 5. The van der Waals surface area contributed by atoms with Crippen molar-refractivity contribution in [2.45, 2.75) is 39.5 Å². The summed E-state index contributed by atoms with van der Waals surface area (Å²) in [4.78, 5) is 52.9. The molecule has 0 N–H and O–H groups in total. The summed E-state index contributed by atoms with van der Waals surface area (Å²) in [5.41, 5.74) is 2.67. The highest BCUT2D eigenvalue weighted by Crippen LogP contribution is 2.39. The first kappa shape index (κ1) is 22.2. The van der Waals surface area contributed by atoms with E-state index >= 15 is 0 Å². The van der Waals surface area contributed by atoms with E-state index in [1.165, 1.54) is 12.1 Å². The van der Waals surface area contributed by atoms with Crippen LogP contribution in [0.2, 0.25) is 5.02 Å². The highest BCUT2D eigenvalue weighted by molar-refractivity contribution is 6.30. The van der Waals surface area contributed by atoms with E-state index in [1.54, 1.807) is 24.3 Å². The minimum atomic E-state index is -0.584. The summed E-state index contributed by atoms with van der Waals surface area (Å²) in [6.45, 7) is 3.45. The fourth-order valence-electron chi connectivity index (χ4n) is 4.50. The maximum absolute atomic E-state index is 13.4. The lowest BCUT2D eigenvalue weighted by atomic mass is 9.81.